The lowest BCUT2D eigenvalue weighted by molar-refractivity contribution is 0.634. The van der Waals surface area contributed by atoms with Gasteiger partial charge in [0.25, 0.3) is 0 Å². The summed E-state index contributed by atoms with van der Waals surface area (Å²) in [5.74, 6) is 0. The van der Waals surface area contributed by atoms with E-state index in [1.165, 1.54) is 10.5 Å². The molecule has 0 aliphatic carbocycles. The summed E-state index contributed by atoms with van der Waals surface area (Å²) >= 11 is 8.91. The number of benzene rings is 2. The topological polar surface area (TPSA) is 26.0 Å². The molecular weight excluding hydrogens is 398 g/mol. The van der Waals surface area contributed by atoms with E-state index in [1.54, 1.807) is 0 Å². The van der Waals surface area contributed by atoms with Crippen LogP contribution < -0.4 is 5.73 Å². The van der Waals surface area contributed by atoms with Crippen LogP contribution in [0.4, 0.5) is 0 Å². The van der Waals surface area contributed by atoms with Gasteiger partial charge in [0.2, 0.25) is 0 Å². The fourth-order valence-electron chi connectivity index (χ4n) is 1.95. The van der Waals surface area contributed by atoms with Gasteiger partial charge in [-0.2, -0.15) is 0 Å². The van der Waals surface area contributed by atoms with Crippen LogP contribution in [0.3, 0.4) is 0 Å². The minimum atomic E-state index is 0.133. The van der Waals surface area contributed by atoms with Crippen LogP contribution in [0.5, 0.6) is 0 Å². The van der Waals surface area contributed by atoms with Gasteiger partial charge in [-0.15, -0.1) is 11.8 Å². The van der Waals surface area contributed by atoms with Crippen molar-refractivity contribution in [1.29, 1.82) is 0 Å². The maximum atomic E-state index is 6.34. The van der Waals surface area contributed by atoms with Crippen molar-refractivity contribution in [2.75, 3.05) is 0 Å². The third kappa shape index (κ3) is 4.10. The van der Waals surface area contributed by atoms with E-state index in [2.05, 4.69) is 81.2 Å². The molecular formula is C16H17Br2NS. The number of hydrogen-bond acceptors (Lipinski definition) is 2. The molecule has 0 aromatic heterocycles. The highest BCUT2D eigenvalue weighted by Crippen LogP contribution is 2.41. The first-order valence-corrected chi connectivity index (χ1v) is 9.00. The SMILES string of the molecule is CCC(N)C(Sc1ccccc1Br)c1ccc(Br)cc1. The lowest BCUT2D eigenvalue weighted by Gasteiger charge is -2.23. The molecule has 20 heavy (non-hydrogen) atoms. The summed E-state index contributed by atoms with van der Waals surface area (Å²) in [6, 6.07) is 16.9. The molecule has 0 aliphatic heterocycles. The monoisotopic (exact) mass is 413 g/mol. The van der Waals surface area contributed by atoms with E-state index >= 15 is 0 Å². The summed E-state index contributed by atoms with van der Waals surface area (Å²) in [5, 5.41) is 0.256. The van der Waals surface area contributed by atoms with E-state index in [0.717, 1.165) is 15.4 Å². The van der Waals surface area contributed by atoms with Crippen LogP contribution in [0, 0.1) is 0 Å². The largest absolute Gasteiger partial charge is 0.326 e. The molecule has 0 bridgehead atoms. The van der Waals surface area contributed by atoms with Gasteiger partial charge in [-0.25, -0.2) is 0 Å². The number of hydrogen-bond donors (Lipinski definition) is 1. The highest BCUT2D eigenvalue weighted by Gasteiger charge is 2.20. The molecule has 0 fully saturated rings. The Balaban J connectivity index is 2.29. The van der Waals surface area contributed by atoms with Gasteiger partial charge in [0.15, 0.2) is 0 Å². The van der Waals surface area contributed by atoms with Crippen molar-refractivity contribution in [3.05, 3.63) is 63.0 Å². The lowest BCUT2D eigenvalue weighted by atomic mass is 10.0. The third-order valence-corrected chi connectivity index (χ3v) is 6.12. The molecule has 2 rings (SSSR count). The molecule has 2 aromatic rings. The van der Waals surface area contributed by atoms with Crippen molar-refractivity contribution >= 4 is 43.6 Å². The van der Waals surface area contributed by atoms with Gasteiger partial charge in [-0.05, 0) is 52.2 Å². The molecule has 0 aliphatic rings. The molecule has 4 heteroatoms. The molecule has 0 saturated heterocycles. The van der Waals surface area contributed by atoms with E-state index in [1.807, 2.05) is 17.8 Å². The number of thioether (sulfide) groups is 1. The van der Waals surface area contributed by atoms with Crippen LogP contribution in [0.15, 0.2) is 62.4 Å². The van der Waals surface area contributed by atoms with E-state index < -0.39 is 0 Å². The van der Waals surface area contributed by atoms with Gasteiger partial charge in [0, 0.05) is 25.1 Å². The molecule has 2 N–H and O–H groups in total. The predicted molar refractivity (Wildman–Crippen MR) is 95.1 cm³/mol. The fourth-order valence-corrected chi connectivity index (χ4v) is 4.05. The molecule has 0 radical (unpaired) electrons. The smallest absolute Gasteiger partial charge is 0.0495 e. The normalized spacial score (nSPS) is 14.0. The van der Waals surface area contributed by atoms with Gasteiger partial charge in [-0.3, -0.25) is 0 Å². The van der Waals surface area contributed by atoms with Crippen LogP contribution in [0.1, 0.15) is 24.2 Å². The summed E-state index contributed by atoms with van der Waals surface area (Å²) < 4.78 is 2.21. The van der Waals surface area contributed by atoms with Gasteiger partial charge < -0.3 is 5.73 Å². The van der Waals surface area contributed by atoms with Crippen LogP contribution in [0.2, 0.25) is 0 Å². The van der Waals surface area contributed by atoms with Gasteiger partial charge >= 0.3 is 0 Å². The number of nitrogens with two attached hydrogens (primary N) is 1. The predicted octanol–water partition coefficient (Wildman–Crippen LogP) is 5.78. The Morgan fingerprint density at radius 3 is 2.30 bits per heavy atom. The van der Waals surface area contributed by atoms with Crippen molar-refractivity contribution in [3.8, 4) is 0 Å². The maximum Gasteiger partial charge on any atom is 0.0495 e. The Morgan fingerprint density at radius 2 is 1.70 bits per heavy atom. The molecule has 0 spiro atoms. The van der Waals surface area contributed by atoms with E-state index in [-0.39, 0.29) is 11.3 Å². The van der Waals surface area contributed by atoms with Crippen molar-refractivity contribution < 1.29 is 0 Å². The number of rotatable bonds is 5. The first-order chi connectivity index (χ1) is 9.61. The highest BCUT2D eigenvalue weighted by atomic mass is 79.9. The second-order valence-corrected chi connectivity index (χ2v) is 7.55. The summed E-state index contributed by atoms with van der Waals surface area (Å²) in [4.78, 5) is 1.23. The Kier molecular flexibility index (Phi) is 6.15. The van der Waals surface area contributed by atoms with Crippen LogP contribution in [-0.4, -0.2) is 6.04 Å². The maximum absolute atomic E-state index is 6.34. The molecule has 1 nitrogen and oxygen atoms in total. The Hall–Kier alpha value is -0.290. The van der Waals surface area contributed by atoms with Crippen molar-refractivity contribution in [1.82, 2.24) is 0 Å². The minimum Gasteiger partial charge on any atom is -0.326 e. The second-order valence-electron chi connectivity index (χ2n) is 4.59. The quantitative estimate of drug-likeness (QED) is 0.627. The minimum absolute atomic E-state index is 0.133. The van der Waals surface area contributed by atoms with Crippen LogP contribution >= 0.6 is 43.6 Å². The first-order valence-electron chi connectivity index (χ1n) is 6.54. The van der Waals surface area contributed by atoms with Crippen LogP contribution in [0.25, 0.3) is 0 Å². The second kappa shape index (κ2) is 7.64. The summed E-state index contributed by atoms with van der Waals surface area (Å²) in [7, 11) is 0. The summed E-state index contributed by atoms with van der Waals surface area (Å²) in [5.41, 5.74) is 7.60. The zero-order valence-electron chi connectivity index (χ0n) is 11.2. The molecule has 2 unspecified atom stereocenters. The van der Waals surface area contributed by atoms with Gasteiger partial charge in [0.1, 0.15) is 0 Å². The molecule has 0 amide bonds. The average Bonchev–Trinajstić information content (AvgIpc) is 2.47. The van der Waals surface area contributed by atoms with Crippen molar-refractivity contribution in [2.45, 2.75) is 29.5 Å². The molecule has 2 aromatic carbocycles. The van der Waals surface area contributed by atoms with Gasteiger partial charge in [-0.1, -0.05) is 47.1 Å². The van der Waals surface area contributed by atoms with E-state index in [4.69, 9.17) is 5.73 Å². The number of halogens is 2. The fraction of sp³-hybridized carbons (Fsp3) is 0.250. The van der Waals surface area contributed by atoms with E-state index in [9.17, 15) is 0 Å². The molecule has 106 valence electrons. The molecule has 2 atom stereocenters. The zero-order valence-corrected chi connectivity index (χ0v) is 15.2. The average molecular weight is 415 g/mol. The Labute approximate surface area is 141 Å². The standard InChI is InChI=1S/C16H17Br2NS/c1-2-14(19)16(11-7-9-12(17)10-8-11)20-15-6-4-3-5-13(15)18/h3-10,14,16H,2,19H2,1H3. The Bertz CT molecular complexity index is 557. The van der Waals surface area contributed by atoms with Gasteiger partial charge in [0.05, 0.1) is 0 Å². The Morgan fingerprint density at radius 1 is 1.05 bits per heavy atom. The first kappa shape index (κ1) is 16.1. The zero-order chi connectivity index (χ0) is 14.5. The highest BCUT2D eigenvalue weighted by molar-refractivity contribution is 9.10. The van der Waals surface area contributed by atoms with E-state index in [0.29, 0.717) is 0 Å². The van der Waals surface area contributed by atoms with Crippen molar-refractivity contribution in [3.63, 3.8) is 0 Å². The molecule has 0 heterocycles. The van der Waals surface area contributed by atoms with Crippen molar-refractivity contribution in [2.24, 2.45) is 5.73 Å². The lowest BCUT2D eigenvalue weighted by Crippen LogP contribution is -2.25. The summed E-state index contributed by atoms with van der Waals surface area (Å²) in [6.07, 6.45) is 0.957. The molecule has 0 saturated carbocycles. The van der Waals surface area contributed by atoms with Crippen LogP contribution in [-0.2, 0) is 0 Å². The summed E-state index contributed by atoms with van der Waals surface area (Å²) in [6.45, 7) is 2.14. The third-order valence-electron chi connectivity index (χ3n) is 3.15.